The molecule has 0 spiro atoms. The third-order valence-electron chi connectivity index (χ3n) is 2.15. The van der Waals surface area contributed by atoms with Crippen molar-refractivity contribution in [2.45, 2.75) is 13.0 Å². The van der Waals surface area contributed by atoms with Crippen LogP contribution in [0.2, 0.25) is 0 Å². The summed E-state index contributed by atoms with van der Waals surface area (Å²) in [7, 11) is 0. The number of hydrogen-bond donors (Lipinski definition) is 1. The van der Waals surface area contributed by atoms with Crippen LogP contribution in [0.3, 0.4) is 0 Å². The van der Waals surface area contributed by atoms with E-state index in [1.165, 1.54) is 0 Å². The number of benzene rings is 2. The van der Waals surface area contributed by atoms with Gasteiger partial charge in [-0.15, -0.1) is 0 Å². The molecule has 0 aliphatic heterocycles. The number of aliphatic hydroxyl groups excluding tert-OH is 1. The molecule has 0 aromatic heterocycles. The largest absolute Gasteiger partial charge is 0.389 e. The smallest absolute Gasteiger partial charge is 0.0768 e. The van der Waals surface area contributed by atoms with E-state index in [-0.39, 0.29) is 0 Å². The third-order valence-corrected chi connectivity index (χ3v) is 2.15. The van der Waals surface area contributed by atoms with Gasteiger partial charge in [-0.05, 0) is 41.5 Å². The van der Waals surface area contributed by atoms with Crippen LogP contribution in [0.1, 0.15) is 18.6 Å². The van der Waals surface area contributed by atoms with Crippen LogP contribution in [-0.2, 0) is 0 Å². The van der Waals surface area contributed by atoms with Gasteiger partial charge in [0.25, 0.3) is 0 Å². The highest BCUT2D eigenvalue weighted by atomic mass is 16.3. The summed E-state index contributed by atoms with van der Waals surface area (Å²) in [4.78, 5) is 0. The summed E-state index contributed by atoms with van der Waals surface area (Å²) in [5.41, 5.74) is 0.846. The number of aliphatic hydroxyl groups is 1. The Kier molecular flexibility index (Phi) is 2.03. The van der Waals surface area contributed by atoms with Gasteiger partial charge in [0.2, 0.25) is 0 Å². The van der Waals surface area contributed by atoms with Crippen molar-refractivity contribution in [2.75, 3.05) is 0 Å². The van der Waals surface area contributed by atoms with Crippen molar-refractivity contribution in [2.24, 2.45) is 0 Å². The van der Waals surface area contributed by atoms with E-state index in [4.69, 9.17) is 0 Å². The van der Waals surface area contributed by atoms with Crippen molar-refractivity contribution < 1.29 is 5.11 Å². The van der Waals surface area contributed by atoms with Crippen LogP contribution in [0.25, 0.3) is 10.8 Å². The number of hydrogen-bond acceptors (Lipinski definition) is 1. The molecule has 0 aliphatic carbocycles. The van der Waals surface area contributed by atoms with Gasteiger partial charge in [-0.2, -0.15) is 0 Å². The van der Waals surface area contributed by atoms with Gasteiger partial charge < -0.3 is 5.11 Å². The standard InChI is InChI=1S/C12H11O/c1-9(13)11-7-6-10-4-2-3-5-12(10)8-11/h2-6,8-9,13H,1H3. The second-order valence-electron chi connectivity index (χ2n) is 3.19. The van der Waals surface area contributed by atoms with Crippen molar-refractivity contribution in [3.8, 4) is 0 Å². The SMILES string of the molecule is CC(O)c1[c]cc2ccccc2c1. The first kappa shape index (κ1) is 8.27. The van der Waals surface area contributed by atoms with Crippen LogP contribution in [0, 0.1) is 6.07 Å². The van der Waals surface area contributed by atoms with E-state index in [0.717, 1.165) is 16.3 Å². The van der Waals surface area contributed by atoms with Crippen LogP contribution in [0.5, 0.6) is 0 Å². The summed E-state index contributed by atoms with van der Waals surface area (Å²) in [6.07, 6.45) is -0.440. The molecule has 1 N–H and O–H groups in total. The maximum Gasteiger partial charge on any atom is 0.0768 e. The Morgan fingerprint density at radius 2 is 1.92 bits per heavy atom. The fraction of sp³-hybridized carbons (Fsp3) is 0.167. The Morgan fingerprint density at radius 1 is 1.23 bits per heavy atom. The van der Waals surface area contributed by atoms with E-state index in [0.29, 0.717) is 0 Å². The fourth-order valence-corrected chi connectivity index (χ4v) is 1.39. The zero-order valence-corrected chi connectivity index (χ0v) is 7.49. The second kappa shape index (κ2) is 3.19. The summed E-state index contributed by atoms with van der Waals surface area (Å²) in [5.74, 6) is 0. The topological polar surface area (TPSA) is 20.2 Å². The first-order valence-corrected chi connectivity index (χ1v) is 4.36. The molecule has 0 heterocycles. The predicted octanol–water partition coefficient (Wildman–Crippen LogP) is 2.69. The molecule has 1 radical (unpaired) electrons. The molecule has 2 rings (SSSR count). The van der Waals surface area contributed by atoms with Gasteiger partial charge in [0.05, 0.1) is 6.10 Å². The Bertz CT molecular complexity index is 418. The van der Waals surface area contributed by atoms with Crippen molar-refractivity contribution in [3.05, 3.63) is 48.0 Å². The maximum atomic E-state index is 9.35. The lowest BCUT2D eigenvalue weighted by molar-refractivity contribution is 0.199. The number of rotatable bonds is 1. The van der Waals surface area contributed by atoms with Gasteiger partial charge in [-0.1, -0.05) is 24.3 Å². The van der Waals surface area contributed by atoms with Crippen LogP contribution in [0.15, 0.2) is 36.4 Å². The highest BCUT2D eigenvalue weighted by Gasteiger charge is 2.00. The van der Waals surface area contributed by atoms with Crippen molar-refractivity contribution in [3.63, 3.8) is 0 Å². The minimum Gasteiger partial charge on any atom is -0.389 e. The van der Waals surface area contributed by atoms with Gasteiger partial charge in [0.15, 0.2) is 0 Å². The highest BCUT2D eigenvalue weighted by Crippen LogP contribution is 2.19. The van der Waals surface area contributed by atoms with E-state index in [9.17, 15) is 5.11 Å². The molecule has 1 heteroatoms. The molecule has 2 aromatic carbocycles. The zero-order valence-electron chi connectivity index (χ0n) is 7.49. The first-order valence-electron chi connectivity index (χ1n) is 4.36. The lowest BCUT2D eigenvalue weighted by atomic mass is 10.0. The molecule has 0 saturated heterocycles. The lowest BCUT2D eigenvalue weighted by Gasteiger charge is -2.04. The van der Waals surface area contributed by atoms with Crippen LogP contribution in [0.4, 0.5) is 0 Å². The molecular formula is C12H11O. The van der Waals surface area contributed by atoms with E-state index < -0.39 is 6.10 Å². The lowest BCUT2D eigenvalue weighted by Crippen LogP contribution is -1.90. The molecule has 1 unspecified atom stereocenters. The van der Waals surface area contributed by atoms with E-state index in [1.807, 2.05) is 36.4 Å². The second-order valence-corrected chi connectivity index (χ2v) is 3.19. The molecule has 1 atom stereocenters. The quantitative estimate of drug-likeness (QED) is 0.699. The highest BCUT2D eigenvalue weighted by molar-refractivity contribution is 5.82. The molecule has 0 aliphatic rings. The van der Waals surface area contributed by atoms with Crippen LogP contribution < -0.4 is 0 Å². The molecule has 0 amide bonds. The summed E-state index contributed by atoms with van der Waals surface area (Å²) < 4.78 is 0. The van der Waals surface area contributed by atoms with E-state index in [1.54, 1.807) is 6.92 Å². The van der Waals surface area contributed by atoms with Gasteiger partial charge in [0, 0.05) is 0 Å². The first-order chi connectivity index (χ1) is 6.27. The molecule has 0 fully saturated rings. The fourth-order valence-electron chi connectivity index (χ4n) is 1.39. The van der Waals surface area contributed by atoms with Crippen LogP contribution in [-0.4, -0.2) is 5.11 Å². The van der Waals surface area contributed by atoms with Gasteiger partial charge in [-0.3, -0.25) is 0 Å². The Morgan fingerprint density at radius 3 is 2.62 bits per heavy atom. The van der Waals surface area contributed by atoms with E-state index in [2.05, 4.69) is 6.07 Å². The summed E-state index contributed by atoms with van der Waals surface area (Å²) >= 11 is 0. The molecule has 65 valence electrons. The molecule has 0 bridgehead atoms. The van der Waals surface area contributed by atoms with Crippen molar-refractivity contribution >= 4 is 10.8 Å². The monoisotopic (exact) mass is 171 g/mol. The van der Waals surface area contributed by atoms with Crippen molar-refractivity contribution in [1.29, 1.82) is 0 Å². The average Bonchev–Trinajstić information content (AvgIpc) is 2.17. The maximum absolute atomic E-state index is 9.35. The third kappa shape index (κ3) is 1.56. The summed E-state index contributed by atoms with van der Waals surface area (Å²) in [6.45, 7) is 1.75. The average molecular weight is 171 g/mol. The minimum absolute atomic E-state index is 0.440. The number of fused-ring (bicyclic) bond motifs is 1. The van der Waals surface area contributed by atoms with Crippen molar-refractivity contribution in [1.82, 2.24) is 0 Å². The van der Waals surface area contributed by atoms with Gasteiger partial charge >= 0.3 is 0 Å². The molecule has 1 nitrogen and oxygen atoms in total. The molecule has 0 saturated carbocycles. The van der Waals surface area contributed by atoms with Gasteiger partial charge in [0.1, 0.15) is 0 Å². The normalized spacial score (nSPS) is 13.1. The Balaban J connectivity index is 2.62. The zero-order chi connectivity index (χ0) is 9.26. The Labute approximate surface area is 77.6 Å². The molecule has 13 heavy (non-hydrogen) atoms. The minimum atomic E-state index is -0.440. The van der Waals surface area contributed by atoms with Gasteiger partial charge in [-0.25, -0.2) is 0 Å². The predicted molar refractivity (Wildman–Crippen MR) is 53.4 cm³/mol. The summed E-state index contributed by atoms with van der Waals surface area (Å²) in [5, 5.41) is 11.7. The molecule has 2 aromatic rings. The summed E-state index contributed by atoms with van der Waals surface area (Å²) in [6, 6.07) is 15.0. The van der Waals surface area contributed by atoms with E-state index >= 15 is 0 Å². The Hall–Kier alpha value is -1.34. The molecular weight excluding hydrogens is 160 g/mol. The van der Waals surface area contributed by atoms with Crippen LogP contribution >= 0.6 is 0 Å².